The Labute approximate surface area is 118 Å². The Hall–Kier alpha value is -0.380. The van der Waals surface area contributed by atoms with Gasteiger partial charge < -0.3 is 15.4 Å². The van der Waals surface area contributed by atoms with Crippen molar-refractivity contribution in [1.29, 1.82) is 0 Å². The summed E-state index contributed by atoms with van der Waals surface area (Å²) in [5, 5.41) is 0. The number of likely N-dealkylation sites (tertiary alicyclic amines) is 1. The average Bonchev–Trinajstić information content (AvgIpc) is 2.42. The van der Waals surface area contributed by atoms with Gasteiger partial charge >= 0.3 is 0 Å². The van der Waals surface area contributed by atoms with Crippen molar-refractivity contribution in [2.75, 3.05) is 32.8 Å². The van der Waals surface area contributed by atoms with Crippen LogP contribution in [0.2, 0.25) is 0 Å². The van der Waals surface area contributed by atoms with E-state index >= 15 is 0 Å². The second-order valence-electron chi connectivity index (χ2n) is 6.30. The maximum Gasteiger partial charge on any atom is 0.0644 e. The Morgan fingerprint density at radius 3 is 2.84 bits per heavy atom. The molecular weight excluding hydrogens is 236 g/mol. The van der Waals surface area contributed by atoms with Crippen LogP contribution < -0.4 is 5.73 Å². The van der Waals surface area contributed by atoms with E-state index in [1.165, 1.54) is 58.2 Å². The molecule has 2 N–H and O–H groups in total. The van der Waals surface area contributed by atoms with Crippen molar-refractivity contribution >= 4 is 0 Å². The van der Waals surface area contributed by atoms with Gasteiger partial charge in [0.15, 0.2) is 0 Å². The molecule has 0 aromatic rings. The lowest BCUT2D eigenvalue weighted by Gasteiger charge is -2.38. The van der Waals surface area contributed by atoms with E-state index in [1.54, 1.807) is 0 Å². The minimum atomic E-state index is 0.436. The summed E-state index contributed by atoms with van der Waals surface area (Å²) in [5.74, 6) is 1.43. The minimum absolute atomic E-state index is 0.436. The number of piperidine rings is 1. The van der Waals surface area contributed by atoms with Crippen LogP contribution in [0, 0.1) is 11.8 Å². The number of nitrogens with two attached hydrogens (primary N) is 1. The smallest absolute Gasteiger partial charge is 0.0644 e. The number of hydrogen-bond donors (Lipinski definition) is 1. The van der Waals surface area contributed by atoms with Crippen LogP contribution in [0.25, 0.3) is 0 Å². The molecular formula is C16H30N2O. The van der Waals surface area contributed by atoms with Crippen LogP contribution in [-0.2, 0) is 4.74 Å². The van der Waals surface area contributed by atoms with E-state index in [-0.39, 0.29) is 0 Å². The van der Waals surface area contributed by atoms with Gasteiger partial charge in [0, 0.05) is 19.1 Å². The molecule has 110 valence electrons. The molecule has 0 bridgehead atoms. The summed E-state index contributed by atoms with van der Waals surface area (Å²) in [6.07, 6.45) is 9.71. The highest BCUT2D eigenvalue weighted by Gasteiger charge is 2.27. The van der Waals surface area contributed by atoms with E-state index in [9.17, 15) is 0 Å². The molecule has 2 fully saturated rings. The monoisotopic (exact) mass is 266 g/mol. The first kappa shape index (κ1) is 15.0. The first-order valence-electron chi connectivity index (χ1n) is 7.96. The Bertz CT molecular complexity index is 269. The zero-order valence-corrected chi connectivity index (χ0v) is 12.2. The summed E-state index contributed by atoms with van der Waals surface area (Å²) < 4.78 is 5.61. The molecule has 0 amide bonds. The van der Waals surface area contributed by atoms with Gasteiger partial charge in [0.2, 0.25) is 0 Å². The van der Waals surface area contributed by atoms with Gasteiger partial charge in [0.25, 0.3) is 0 Å². The maximum absolute atomic E-state index is 6.27. The lowest BCUT2D eigenvalue weighted by Crippen LogP contribution is -2.45. The molecule has 1 aliphatic heterocycles. The fraction of sp³-hybridized carbons (Fsp3) is 0.875. The molecule has 0 spiro atoms. The lowest BCUT2D eigenvalue weighted by molar-refractivity contribution is 0.0633. The number of ether oxygens (including phenoxy) is 1. The standard InChI is InChI=1S/C16H30N2O/c1-2-10-19-13-14-6-5-9-18(11-14)12-15-7-3-4-8-16(15)17/h2,14-16H,1,3-13,17H2/t14?,15-,16+/m0/s1. The summed E-state index contributed by atoms with van der Waals surface area (Å²) in [6, 6.07) is 0.436. The van der Waals surface area contributed by atoms with Gasteiger partial charge in [-0.05, 0) is 44.1 Å². The fourth-order valence-electron chi connectivity index (χ4n) is 3.57. The van der Waals surface area contributed by atoms with Crippen molar-refractivity contribution in [3.8, 4) is 0 Å². The average molecular weight is 266 g/mol. The third-order valence-electron chi connectivity index (χ3n) is 4.65. The molecule has 1 saturated heterocycles. The van der Waals surface area contributed by atoms with Crippen molar-refractivity contribution in [3.05, 3.63) is 12.7 Å². The number of nitrogens with zero attached hydrogens (tertiary/aromatic N) is 1. The van der Waals surface area contributed by atoms with E-state index in [2.05, 4.69) is 11.5 Å². The molecule has 1 aliphatic carbocycles. The van der Waals surface area contributed by atoms with E-state index in [4.69, 9.17) is 10.5 Å². The van der Waals surface area contributed by atoms with Gasteiger partial charge in [-0.2, -0.15) is 0 Å². The van der Waals surface area contributed by atoms with Crippen LogP contribution in [0.15, 0.2) is 12.7 Å². The van der Waals surface area contributed by atoms with Crippen LogP contribution in [0.3, 0.4) is 0 Å². The molecule has 1 heterocycles. The van der Waals surface area contributed by atoms with Gasteiger partial charge in [-0.25, -0.2) is 0 Å². The fourth-order valence-corrected chi connectivity index (χ4v) is 3.57. The molecule has 19 heavy (non-hydrogen) atoms. The van der Waals surface area contributed by atoms with Crippen LogP contribution in [0.1, 0.15) is 38.5 Å². The van der Waals surface area contributed by atoms with Crippen LogP contribution >= 0.6 is 0 Å². The van der Waals surface area contributed by atoms with Crippen molar-refractivity contribution in [3.63, 3.8) is 0 Å². The zero-order chi connectivity index (χ0) is 13.5. The van der Waals surface area contributed by atoms with Gasteiger partial charge in [-0.1, -0.05) is 18.9 Å². The Kier molecular flexibility index (Phi) is 6.35. The van der Waals surface area contributed by atoms with Crippen molar-refractivity contribution in [2.24, 2.45) is 17.6 Å². The summed E-state index contributed by atoms with van der Waals surface area (Å²) in [5.41, 5.74) is 6.27. The van der Waals surface area contributed by atoms with Crippen molar-refractivity contribution in [1.82, 2.24) is 4.90 Å². The first-order valence-corrected chi connectivity index (χ1v) is 7.96. The van der Waals surface area contributed by atoms with Crippen molar-refractivity contribution in [2.45, 2.75) is 44.6 Å². The Balaban J connectivity index is 1.72. The number of rotatable bonds is 6. The molecule has 0 radical (unpaired) electrons. The predicted octanol–water partition coefficient (Wildman–Crippen LogP) is 2.42. The second kappa shape index (κ2) is 8.03. The molecule has 2 rings (SSSR count). The quantitative estimate of drug-likeness (QED) is 0.593. The molecule has 3 atom stereocenters. The van der Waals surface area contributed by atoms with E-state index in [0.29, 0.717) is 18.6 Å². The number of hydrogen-bond acceptors (Lipinski definition) is 3. The van der Waals surface area contributed by atoms with E-state index < -0.39 is 0 Å². The second-order valence-corrected chi connectivity index (χ2v) is 6.30. The van der Waals surface area contributed by atoms with Gasteiger partial charge in [-0.15, -0.1) is 6.58 Å². The molecule has 2 aliphatic rings. The molecule has 3 nitrogen and oxygen atoms in total. The van der Waals surface area contributed by atoms with Crippen LogP contribution in [-0.4, -0.2) is 43.8 Å². The Morgan fingerprint density at radius 2 is 2.05 bits per heavy atom. The molecule has 0 aromatic heterocycles. The summed E-state index contributed by atoms with van der Waals surface area (Å²) in [7, 11) is 0. The summed E-state index contributed by atoms with van der Waals surface area (Å²) >= 11 is 0. The SMILES string of the molecule is C=CCOCC1CCCN(C[C@@H]2CCCC[C@H]2N)C1. The minimum Gasteiger partial charge on any atom is -0.377 e. The third kappa shape index (κ3) is 4.90. The largest absolute Gasteiger partial charge is 0.377 e. The van der Waals surface area contributed by atoms with E-state index in [0.717, 1.165) is 12.5 Å². The summed E-state index contributed by atoms with van der Waals surface area (Å²) in [4.78, 5) is 2.63. The van der Waals surface area contributed by atoms with Crippen molar-refractivity contribution < 1.29 is 4.74 Å². The Morgan fingerprint density at radius 1 is 1.21 bits per heavy atom. The third-order valence-corrected chi connectivity index (χ3v) is 4.65. The lowest BCUT2D eigenvalue weighted by atomic mass is 9.84. The van der Waals surface area contributed by atoms with Crippen LogP contribution in [0.5, 0.6) is 0 Å². The van der Waals surface area contributed by atoms with Crippen LogP contribution in [0.4, 0.5) is 0 Å². The maximum atomic E-state index is 6.27. The molecule has 1 saturated carbocycles. The highest BCUT2D eigenvalue weighted by molar-refractivity contribution is 4.83. The van der Waals surface area contributed by atoms with Gasteiger partial charge in [0.1, 0.15) is 0 Å². The molecule has 0 aromatic carbocycles. The molecule has 3 heteroatoms. The van der Waals surface area contributed by atoms with Gasteiger partial charge in [0.05, 0.1) is 13.2 Å². The topological polar surface area (TPSA) is 38.5 Å². The molecule has 1 unspecified atom stereocenters. The normalized spacial score (nSPS) is 33.2. The predicted molar refractivity (Wildman–Crippen MR) is 80.1 cm³/mol. The van der Waals surface area contributed by atoms with Gasteiger partial charge in [-0.3, -0.25) is 0 Å². The first-order chi connectivity index (χ1) is 9.29. The summed E-state index contributed by atoms with van der Waals surface area (Å²) in [6.45, 7) is 8.92. The zero-order valence-electron chi connectivity index (χ0n) is 12.2. The highest BCUT2D eigenvalue weighted by atomic mass is 16.5. The highest BCUT2D eigenvalue weighted by Crippen LogP contribution is 2.26. The van der Waals surface area contributed by atoms with E-state index in [1.807, 2.05) is 6.08 Å².